The molecule has 45 heavy (non-hydrogen) atoms. The maximum Gasteiger partial charge on any atom is 0.416 e. The Hall–Kier alpha value is -4.74. The van der Waals surface area contributed by atoms with Crippen LogP contribution in [0.4, 0.5) is 30.2 Å². The van der Waals surface area contributed by atoms with Crippen LogP contribution in [0, 0.1) is 0 Å². The maximum atomic E-state index is 13.4. The van der Waals surface area contributed by atoms with Crippen LogP contribution in [-0.4, -0.2) is 37.6 Å². The molecule has 4 rings (SSSR count). The van der Waals surface area contributed by atoms with E-state index in [2.05, 4.69) is 16.0 Å². The molecule has 0 fully saturated rings. The zero-order valence-corrected chi connectivity index (χ0v) is 25.7. The molecule has 0 aliphatic rings. The van der Waals surface area contributed by atoms with Gasteiger partial charge in [-0.05, 0) is 72.3 Å². The van der Waals surface area contributed by atoms with Crippen LogP contribution >= 0.6 is 23.4 Å². The first-order valence-corrected chi connectivity index (χ1v) is 14.8. The van der Waals surface area contributed by atoms with Gasteiger partial charge in [0.1, 0.15) is 5.70 Å². The van der Waals surface area contributed by atoms with Crippen LogP contribution in [0.3, 0.4) is 0 Å². The highest BCUT2D eigenvalue weighted by Gasteiger charge is 2.31. The quantitative estimate of drug-likeness (QED) is 0.122. The number of amides is 3. The van der Waals surface area contributed by atoms with Crippen LogP contribution in [0.1, 0.15) is 21.5 Å². The molecule has 0 radical (unpaired) electrons. The predicted molar refractivity (Wildman–Crippen MR) is 174 cm³/mol. The summed E-state index contributed by atoms with van der Waals surface area (Å²) in [5.74, 6) is -1.73. The Kier molecular flexibility index (Phi) is 10.9. The fourth-order valence-electron chi connectivity index (χ4n) is 3.97. The maximum absolute atomic E-state index is 13.4. The van der Waals surface area contributed by atoms with E-state index in [0.717, 1.165) is 35.6 Å². The van der Waals surface area contributed by atoms with Gasteiger partial charge in [0.05, 0.1) is 22.0 Å². The van der Waals surface area contributed by atoms with Crippen LogP contribution in [-0.2, 0) is 15.8 Å². The summed E-state index contributed by atoms with van der Waals surface area (Å²) in [5, 5.41) is 7.85. The second-order valence-corrected chi connectivity index (χ2v) is 11.3. The highest BCUT2D eigenvalue weighted by molar-refractivity contribution is 8.00. The molecule has 232 valence electrons. The number of carbonyl (C=O) groups excluding carboxylic acids is 3. The zero-order chi connectivity index (χ0) is 32.6. The summed E-state index contributed by atoms with van der Waals surface area (Å²) in [6.45, 7) is 0. The monoisotopic (exact) mass is 652 g/mol. The molecular formula is C33H28ClF3N4O3S. The van der Waals surface area contributed by atoms with Gasteiger partial charge in [0.15, 0.2) is 0 Å². The topological polar surface area (TPSA) is 90.5 Å². The third-order valence-electron chi connectivity index (χ3n) is 6.28. The Labute approximate surface area is 267 Å². The van der Waals surface area contributed by atoms with E-state index in [4.69, 9.17) is 11.6 Å². The largest absolute Gasteiger partial charge is 0.416 e. The van der Waals surface area contributed by atoms with Crippen molar-refractivity contribution < 1.29 is 27.6 Å². The van der Waals surface area contributed by atoms with Crippen LogP contribution < -0.4 is 20.9 Å². The van der Waals surface area contributed by atoms with Gasteiger partial charge in [-0.1, -0.05) is 48.0 Å². The molecule has 0 aliphatic heterocycles. The molecule has 0 aromatic heterocycles. The zero-order valence-electron chi connectivity index (χ0n) is 24.1. The minimum Gasteiger partial charge on any atom is -0.378 e. The average Bonchev–Trinajstić information content (AvgIpc) is 3.01. The van der Waals surface area contributed by atoms with Crippen molar-refractivity contribution in [3.63, 3.8) is 0 Å². The lowest BCUT2D eigenvalue weighted by atomic mass is 10.1. The van der Waals surface area contributed by atoms with Crippen molar-refractivity contribution in [1.82, 2.24) is 5.32 Å². The first-order chi connectivity index (χ1) is 21.4. The number of alkyl halides is 3. The van der Waals surface area contributed by atoms with Gasteiger partial charge in [-0.15, -0.1) is 11.8 Å². The molecule has 4 aromatic carbocycles. The normalized spacial score (nSPS) is 11.5. The average molecular weight is 653 g/mol. The molecule has 12 heteroatoms. The molecule has 4 aromatic rings. The Bertz CT molecular complexity index is 1710. The second kappa shape index (κ2) is 14.8. The van der Waals surface area contributed by atoms with Crippen molar-refractivity contribution in [3.05, 3.63) is 124 Å². The second-order valence-electron chi connectivity index (χ2n) is 9.88. The van der Waals surface area contributed by atoms with E-state index >= 15 is 0 Å². The molecule has 0 spiro atoms. The molecule has 0 unspecified atom stereocenters. The van der Waals surface area contributed by atoms with Crippen molar-refractivity contribution in [1.29, 1.82) is 0 Å². The number of carbonyl (C=O) groups is 3. The molecule has 0 heterocycles. The third kappa shape index (κ3) is 9.62. The van der Waals surface area contributed by atoms with Crippen LogP contribution in [0.5, 0.6) is 0 Å². The minimum atomic E-state index is -4.58. The minimum absolute atomic E-state index is 0.0110. The lowest BCUT2D eigenvalue weighted by molar-refractivity contribution is -0.137. The van der Waals surface area contributed by atoms with Crippen molar-refractivity contribution in [3.8, 4) is 0 Å². The number of rotatable bonds is 10. The molecule has 0 atom stereocenters. The summed E-state index contributed by atoms with van der Waals surface area (Å²) in [6.07, 6.45) is -3.02. The van der Waals surface area contributed by atoms with Crippen molar-refractivity contribution in [2.24, 2.45) is 0 Å². The number of halogens is 4. The van der Waals surface area contributed by atoms with Gasteiger partial charge in [0.25, 0.3) is 11.8 Å². The Balaban J connectivity index is 1.46. The van der Waals surface area contributed by atoms with E-state index in [0.29, 0.717) is 21.7 Å². The lowest BCUT2D eigenvalue weighted by Crippen LogP contribution is -2.30. The van der Waals surface area contributed by atoms with Gasteiger partial charge >= 0.3 is 6.18 Å². The predicted octanol–water partition coefficient (Wildman–Crippen LogP) is 7.57. The van der Waals surface area contributed by atoms with E-state index in [9.17, 15) is 27.6 Å². The number of nitrogens with zero attached hydrogens (tertiary/aromatic N) is 1. The Morgan fingerprint density at radius 1 is 0.867 bits per heavy atom. The Morgan fingerprint density at radius 2 is 1.58 bits per heavy atom. The van der Waals surface area contributed by atoms with Gasteiger partial charge in [-0.2, -0.15) is 13.2 Å². The number of hydrogen-bond acceptors (Lipinski definition) is 5. The fourth-order valence-corrected chi connectivity index (χ4v) is 4.89. The van der Waals surface area contributed by atoms with Gasteiger partial charge in [-0.3, -0.25) is 14.4 Å². The smallest absolute Gasteiger partial charge is 0.378 e. The molecule has 0 saturated heterocycles. The number of nitrogens with one attached hydrogen (secondary N) is 3. The summed E-state index contributed by atoms with van der Waals surface area (Å²) >= 11 is 7.09. The highest BCUT2D eigenvalue weighted by atomic mass is 35.5. The fraction of sp³-hybridized carbons (Fsp3) is 0.121. The summed E-state index contributed by atoms with van der Waals surface area (Å²) < 4.78 is 39.2. The summed E-state index contributed by atoms with van der Waals surface area (Å²) in [7, 11) is 3.82. The number of hydrogen-bond donors (Lipinski definition) is 3. The number of benzene rings is 4. The van der Waals surface area contributed by atoms with E-state index in [1.807, 2.05) is 43.3 Å². The summed E-state index contributed by atoms with van der Waals surface area (Å²) in [5.41, 5.74) is 1.36. The van der Waals surface area contributed by atoms with E-state index < -0.39 is 29.5 Å². The van der Waals surface area contributed by atoms with Crippen LogP contribution in [0.25, 0.3) is 6.08 Å². The molecule has 7 nitrogen and oxygen atoms in total. The molecule has 3 amide bonds. The van der Waals surface area contributed by atoms with Crippen molar-refractivity contribution in [2.75, 3.05) is 35.4 Å². The molecular weight excluding hydrogens is 625 g/mol. The summed E-state index contributed by atoms with van der Waals surface area (Å²) in [6, 6.07) is 25.3. The molecule has 0 saturated carbocycles. The number of anilines is 3. The van der Waals surface area contributed by atoms with Crippen molar-refractivity contribution in [2.45, 2.75) is 11.1 Å². The SMILES string of the molecule is CN(C)c1ccc(/C=C(/NC(=O)c2ccccc2)C(=O)Nc2cccc(SCC(=O)Nc3cc(C(F)(F)F)ccc3Cl)c2)cc1. The standard InChI is InChI=1S/C33H28ClF3N4O3S/c1-41(2)25-14-11-21(12-15-25)17-29(40-31(43)22-7-4-3-5-8-22)32(44)38-24-9-6-10-26(19-24)45-20-30(42)39-28-18-23(33(35,36)37)13-16-27(28)34/h3-19H,20H2,1-2H3,(H,38,44)(H,39,42)(H,40,43)/b29-17+. The number of thioether (sulfide) groups is 1. The van der Waals surface area contributed by atoms with E-state index in [-0.39, 0.29) is 22.2 Å². The van der Waals surface area contributed by atoms with Crippen LogP contribution in [0.2, 0.25) is 5.02 Å². The van der Waals surface area contributed by atoms with E-state index in [1.165, 1.54) is 0 Å². The molecule has 3 N–H and O–H groups in total. The lowest BCUT2D eigenvalue weighted by Gasteiger charge is -2.14. The first kappa shape index (κ1) is 33.2. The van der Waals surface area contributed by atoms with Gasteiger partial charge < -0.3 is 20.9 Å². The third-order valence-corrected chi connectivity index (χ3v) is 7.60. The first-order valence-electron chi connectivity index (χ1n) is 13.5. The highest BCUT2D eigenvalue weighted by Crippen LogP contribution is 2.34. The van der Waals surface area contributed by atoms with Crippen molar-refractivity contribution >= 4 is 64.2 Å². The van der Waals surface area contributed by atoms with E-state index in [1.54, 1.807) is 60.7 Å². The van der Waals surface area contributed by atoms with Crippen LogP contribution in [0.15, 0.2) is 108 Å². The molecule has 0 bridgehead atoms. The summed E-state index contributed by atoms with van der Waals surface area (Å²) in [4.78, 5) is 41.4. The van der Waals surface area contributed by atoms with Gasteiger partial charge in [0.2, 0.25) is 5.91 Å². The van der Waals surface area contributed by atoms with Gasteiger partial charge in [-0.25, -0.2) is 0 Å². The molecule has 0 aliphatic carbocycles. The van der Waals surface area contributed by atoms with Gasteiger partial charge in [0, 0.05) is 35.9 Å². The Morgan fingerprint density at radius 3 is 2.24 bits per heavy atom.